The fraction of sp³-hybridized carbons (Fsp3) is 0.250. The van der Waals surface area contributed by atoms with Crippen LogP contribution in [-0.4, -0.2) is 14.2 Å². The van der Waals surface area contributed by atoms with Crippen LogP contribution in [0.25, 0.3) is 0 Å². The number of aryl methyl sites for hydroxylation is 1. The topological polar surface area (TPSA) is 72.2 Å². The first-order valence-electron chi connectivity index (χ1n) is 6.79. The summed E-state index contributed by atoms with van der Waals surface area (Å²) >= 11 is 0. The summed E-state index contributed by atoms with van der Waals surface area (Å²) in [7, 11) is -3.43. The molecule has 0 aliphatic carbocycles. The monoisotopic (exact) mass is 304 g/mol. The number of hydrogen-bond acceptors (Lipinski definition) is 3. The molecule has 1 unspecified atom stereocenters. The van der Waals surface area contributed by atoms with Crippen LogP contribution in [0.3, 0.4) is 0 Å². The van der Waals surface area contributed by atoms with E-state index in [9.17, 15) is 8.42 Å². The van der Waals surface area contributed by atoms with Crippen molar-refractivity contribution in [2.24, 2.45) is 0 Å². The maximum atomic E-state index is 12.3. The second-order valence-electron chi connectivity index (χ2n) is 5.27. The lowest BCUT2D eigenvalue weighted by Crippen LogP contribution is -2.21. The number of nitrogens with one attached hydrogen (secondary N) is 1. The maximum Gasteiger partial charge on any atom is 0.233 e. The van der Waals surface area contributed by atoms with Gasteiger partial charge in [-0.05, 0) is 36.1 Å². The normalized spacial score (nSPS) is 12.9. The third kappa shape index (κ3) is 4.23. The number of anilines is 2. The summed E-state index contributed by atoms with van der Waals surface area (Å²) in [5.41, 5.74) is 8.63. The fourth-order valence-electron chi connectivity index (χ4n) is 2.17. The van der Waals surface area contributed by atoms with Crippen molar-refractivity contribution in [3.8, 4) is 0 Å². The van der Waals surface area contributed by atoms with E-state index in [1.54, 1.807) is 18.2 Å². The molecular weight excluding hydrogens is 284 g/mol. The first-order valence-corrected chi connectivity index (χ1v) is 8.44. The van der Waals surface area contributed by atoms with E-state index < -0.39 is 10.0 Å². The van der Waals surface area contributed by atoms with Crippen molar-refractivity contribution in [3.63, 3.8) is 0 Å². The standard InChI is InChI=1S/C16H20N2O2S/c1-12-8-9-15(17)10-16(12)18-21(19,20)11-13(2)14-6-4-3-5-7-14/h3-10,13,18H,11,17H2,1-2H3. The summed E-state index contributed by atoms with van der Waals surface area (Å²) in [6, 6.07) is 14.8. The third-order valence-electron chi connectivity index (χ3n) is 3.37. The number of hydrogen-bond donors (Lipinski definition) is 2. The van der Waals surface area contributed by atoms with Crippen molar-refractivity contribution < 1.29 is 8.42 Å². The molecule has 0 aromatic heterocycles. The molecule has 0 radical (unpaired) electrons. The molecule has 0 aliphatic rings. The Hall–Kier alpha value is -2.01. The molecule has 0 saturated carbocycles. The molecule has 4 nitrogen and oxygen atoms in total. The second kappa shape index (κ2) is 6.18. The van der Waals surface area contributed by atoms with Gasteiger partial charge in [0.15, 0.2) is 0 Å². The molecular formula is C16H20N2O2S. The molecule has 21 heavy (non-hydrogen) atoms. The summed E-state index contributed by atoms with van der Waals surface area (Å²) < 4.78 is 27.2. The molecule has 0 spiro atoms. The van der Waals surface area contributed by atoms with Crippen molar-refractivity contribution in [2.75, 3.05) is 16.2 Å². The zero-order valence-corrected chi connectivity index (χ0v) is 13.0. The van der Waals surface area contributed by atoms with Crippen LogP contribution in [0, 0.1) is 6.92 Å². The molecule has 0 heterocycles. The Balaban J connectivity index is 2.14. The molecule has 0 aliphatic heterocycles. The maximum absolute atomic E-state index is 12.3. The molecule has 0 bridgehead atoms. The van der Waals surface area contributed by atoms with Crippen LogP contribution in [0.2, 0.25) is 0 Å². The Bertz CT molecular complexity index is 712. The number of nitrogens with two attached hydrogens (primary N) is 1. The lowest BCUT2D eigenvalue weighted by Gasteiger charge is -2.15. The molecule has 1 atom stereocenters. The van der Waals surface area contributed by atoms with Gasteiger partial charge in [0.1, 0.15) is 0 Å². The highest BCUT2D eigenvalue weighted by Crippen LogP contribution is 2.22. The highest BCUT2D eigenvalue weighted by Gasteiger charge is 2.17. The average molecular weight is 304 g/mol. The number of sulfonamides is 1. The van der Waals surface area contributed by atoms with Crippen molar-refractivity contribution in [1.82, 2.24) is 0 Å². The quantitative estimate of drug-likeness (QED) is 0.834. The predicted octanol–water partition coefficient (Wildman–Crippen LogP) is 3.12. The first kappa shape index (κ1) is 15.4. The third-order valence-corrected chi connectivity index (χ3v) is 4.83. The number of nitrogen functional groups attached to an aromatic ring is 1. The van der Waals surface area contributed by atoms with E-state index in [0.717, 1.165) is 11.1 Å². The van der Waals surface area contributed by atoms with Crippen LogP contribution < -0.4 is 10.5 Å². The molecule has 2 aromatic carbocycles. The molecule has 2 aromatic rings. The lowest BCUT2D eigenvalue weighted by atomic mass is 10.0. The summed E-state index contributed by atoms with van der Waals surface area (Å²) in [5, 5.41) is 0. The Morgan fingerprint density at radius 1 is 1.14 bits per heavy atom. The van der Waals surface area contributed by atoms with E-state index in [4.69, 9.17) is 5.73 Å². The Morgan fingerprint density at radius 3 is 2.48 bits per heavy atom. The van der Waals surface area contributed by atoms with Crippen LogP contribution in [0.5, 0.6) is 0 Å². The van der Waals surface area contributed by atoms with Crippen LogP contribution in [0.15, 0.2) is 48.5 Å². The fourth-order valence-corrected chi connectivity index (χ4v) is 3.65. The van der Waals surface area contributed by atoms with Gasteiger partial charge in [-0.2, -0.15) is 0 Å². The summed E-state index contributed by atoms with van der Waals surface area (Å²) in [4.78, 5) is 0. The van der Waals surface area contributed by atoms with E-state index in [-0.39, 0.29) is 11.7 Å². The first-order chi connectivity index (χ1) is 9.87. The molecule has 0 fully saturated rings. The number of rotatable bonds is 5. The molecule has 112 valence electrons. The van der Waals surface area contributed by atoms with Gasteiger partial charge in [0.25, 0.3) is 0 Å². The van der Waals surface area contributed by atoms with Crippen LogP contribution in [-0.2, 0) is 10.0 Å². The molecule has 5 heteroatoms. The second-order valence-corrected chi connectivity index (χ2v) is 7.04. The predicted molar refractivity (Wildman–Crippen MR) is 87.9 cm³/mol. The minimum atomic E-state index is -3.43. The minimum absolute atomic E-state index is 0.0330. The van der Waals surface area contributed by atoms with Crippen molar-refractivity contribution >= 4 is 21.4 Å². The zero-order chi connectivity index (χ0) is 15.5. The van der Waals surface area contributed by atoms with Gasteiger partial charge in [-0.1, -0.05) is 43.3 Å². The van der Waals surface area contributed by atoms with Gasteiger partial charge < -0.3 is 5.73 Å². The van der Waals surface area contributed by atoms with Gasteiger partial charge in [-0.15, -0.1) is 0 Å². The van der Waals surface area contributed by atoms with Crippen LogP contribution in [0.4, 0.5) is 11.4 Å². The molecule has 0 amide bonds. The molecule has 2 rings (SSSR count). The van der Waals surface area contributed by atoms with Crippen molar-refractivity contribution in [3.05, 3.63) is 59.7 Å². The molecule has 0 saturated heterocycles. The van der Waals surface area contributed by atoms with Gasteiger partial charge >= 0.3 is 0 Å². The zero-order valence-electron chi connectivity index (χ0n) is 12.2. The summed E-state index contributed by atoms with van der Waals surface area (Å²) in [5.74, 6) is -0.0457. The Kier molecular flexibility index (Phi) is 4.53. The van der Waals surface area contributed by atoms with Crippen molar-refractivity contribution in [2.45, 2.75) is 19.8 Å². The highest BCUT2D eigenvalue weighted by molar-refractivity contribution is 7.92. The van der Waals surface area contributed by atoms with Crippen LogP contribution >= 0.6 is 0 Å². The van der Waals surface area contributed by atoms with Gasteiger partial charge in [0, 0.05) is 5.69 Å². The van der Waals surface area contributed by atoms with Gasteiger partial charge in [0.05, 0.1) is 11.4 Å². The Morgan fingerprint density at radius 2 is 1.81 bits per heavy atom. The van der Waals surface area contributed by atoms with E-state index in [2.05, 4.69) is 4.72 Å². The Labute approximate surface area is 126 Å². The number of benzene rings is 2. The SMILES string of the molecule is Cc1ccc(N)cc1NS(=O)(=O)CC(C)c1ccccc1. The minimum Gasteiger partial charge on any atom is -0.399 e. The van der Waals surface area contributed by atoms with Gasteiger partial charge in [-0.3, -0.25) is 4.72 Å². The van der Waals surface area contributed by atoms with E-state index >= 15 is 0 Å². The van der Waals surface area contributed by atoms with Crippen LogP contribution in [0.1, 0.15) is 24.0 Å². The van der Waals surface area contributed by atoms with Crippen molar-refractivity contribution in [1.29, 1.82) is 0 Å². The molecule has 3 N–H and O–H groups in total. The lowest BCUT2D eigenvalue weighted by molar-refractivity contribution is 0.595. The summed E-state index contributed by atoms with van der Waals surface area (Å²) in [6.45, 7) is 3.75. The van der Waals surface area contributed by atoms with E-state index in [1.165, 1.54) is 0 Å². The smallest absolute Gasteiger partial charge is 0.233 e. The van der Waals surface area contributed by atoms with E-state index in [0.29, 0.717) is 11.4 Å². The van der Waals surface area contributed by atoms with Gasteiger partial charge in [0.2, 0.25) is 10.0 Å². The largest absolute Gasteiger partial charge is 0.399 e. The summed E-state index contributed by atoms with van der Waals surface area (Å²) in [6.07, 6.45) is 0. The highest BCUT2D eigenvalue weighted by atomic mass is 32.2. The van der Waals surface area contributed by atoms with Gasteiger partial charge in [-0.25, -0.2) is 8.42 Å². The average Bonchev–Trinajstić information content (AvgIpc) is 2.43. The van der Waals surface area contributed by atoms with E-state index in [1.807, 2.05) is 44.2 Å².